The zero-order valence-electron chi connectivity index (χ0n) is 25.1. The molecule has 0 amide bonds. The van der Waals surface area contributed by atoms with Gasteiger partial charge in [-0.05, 0) is 43.2 Å². The van der Waals surface area contributed by atoms with Crippen molar-refractivity contribution in [3.63, 3.8) is 0 Å². The smallest absolute Gasteiger partial charge is 0.330 e. The molecule has 0 radical (unpaired) electrons. The maximum absolute atomic E-state index is 11.9. The normalized spacial score (nSPS) is 19.9. The number of anilines is 2. The number of carbonyl (C=O) groups is 2. The van der Waals surface area contributed by atoms with Crippen LogP contribution in [0.1, 0.15) is 52.7 Å². The Morgan fingerprint density at radius 1 is 0.805 bits per heavy atom. The van der Waals surface area contributed by atoms with Crippen LogP contribution in [-0.2, 0) is 29.9 Å². The van der Waals surface area contributed by atoms with E-state index in [0.717, 1.165) is 11.4 Å². The molecule has 0 saturated heterocycles. The first-order valence-corrected chi connectivity index (χ1v) is 14.4. The molecule has 0 spiro atoms. The van der Waals surface area contributed by atoms with Gasteiger partial charge in [0, 0.05) is 53.1 Å². The molecule has 41 heavy (non-hydrogen) atoms. The lowest BCUT2D eigenvalue weighted by atomic mass is 9.80. The van der Waals surface area contributed by atoms with E-state index >= 15 is 0 Å². The topological polar surface area (TPSA) is 59.1 Å². The van der Waals surface area contributed by atoms with Crippen molar-refractivity contribution in [3.05, 3.63) is 108 Å². The highest BCUT2D eigenvalue weighted by atomic mass is 16.5. The molecule has 0 bridgehead atoms. The number of rotatable bonds is 10. The van der Waals surface area contributed by atoms with E-state index in [4.69, 9.17) is 9.47 Å². The first-order valence-electron chi connectivity index (χ1n) is 14.4. The average molecular weight is 555 g/mol. The summed E-state index contributed by atoms with van der Waals surface area (Å²) in [6.07, 6.45) is 13.4. The van der Waals surface area contributed by atoms with Crippen LogP contribution >= 0.6 is 0 Å². The molecule has 0 aromatic heterocycles. The van der Waals surface area contributed by atoms with Crippen molar-refractivity contribution in [1.29, 1.82) is 0 Å². The number of carbonyl (C=O) groups excluding carboxylic acids is 2. The van der Waals surface area contributed by atoms with Crippen LogP contribution in [0.15, 0.2) is 96.8 Å². The summed E-state index contributed by atoms with van der Waals surface area (Å²) in [4.78, 5) is 28.5. The molecule has 4 rings (SSSR count). The highest BCUT2D eigenvalue weighted by molar-refractivity contribution is 5.82. The van der Waals surface area contributed by atoms with E-state index in [1.165, 1.54) is 29.0 Å². The van der Waals surface area contributed by atoms with Crippen LogP contribution in [0.2, 0.25) is 0 Å². The first kappa shape index (κ1) is 29.9. The zero-order valence-corrected chi connectivity index (χ0v) is 25.1. The number of para-hydroxylation sites is 2. The van der Waals surface area contributed by atoms with Crippen LogP contribution < -0.4 is 9.80 Å². The Morgan fingerprint density at radius 2 is 1.37 bits per heavy atom. The number of fused-ring (bicyclic) bond motifs is 2. The number of hydrogen-bond donors (Lipinski definition) is 0. The Morgan fingerprint density at radius 3 is 2.00 bits per heavy atom. The Bertz CT molecular complexity index is 1380. The number of benzene rings is 2. The van der Waals surface area contributed by atoms with Gasteiger partial charge in [0.05, 0.1) is 19.3 Å². The van der Waals surface area contributed by atoms with Crippen LogP contribution in [0.5, 0.6) is 0 Å². The van der Waals surface area contributed by atoms with Crippen molar-refractivity contribution in [1.82, 2.24) is 0 Å². The monoisotopic (exact) mass is 554 g/mol. The summed E-state index contributed by atoms with van der Waals surface area (Å²) in [6.45, 7) is 14.5. The standard InChI is InChI=1S/C35H42N2O4/c1-7-40-32(38)22-14-24-36-28-18-11-9-16-26(28)34(3,4)30(36)20-13-21-31-35(5,6)27-17-10-12-19-29(27)37(31)25-15-23-33(39)41-8-2/h9-23,30H,7-8,24-25H2,1-6H3/b20-13+,22-14+,23-15+,31-21+. The summed E-state index contributed by atoms with van der Waals surface area (Å²) in [6, 6.07) is 17.0. The van der Waals surface area contributed by atoms with Crippen molar-refractivity contribution in [2.45, 2.75) is 58.4 Å². The molecule has 216 valence electrons. The number of ether oxygens (including phenoxy) is 2. The van der Waals surface area contributed by atoms with Crippen molar-refractivity contribution >= 4 is 23.3 Å². The van der Waals surface area contributed by atoms with Gasteiger partial charge >= 0.3 is 11.9 Å². The van der Waals surface area contributed by atoms with Crippen LogP contribution in [0.25, 0.3) is 0 Å². The number of allylic oxidation sites excluding steroid dienone is 3. The third-order valence-electron chi connectivity index (χ3n) is 8.00. The molecule has 1 unspecified atom stereocenters. The van der Waals surface area contributed by atoms with Crippen molar-refractivity contribution in [3.8, 4) is 0 Å². The van der Waals surface area contributed by atoms with Crippen LogP contribution in [0.3, 0.4) is 0 Å². The van der Waals surface area contributed by atoms with Gasteiger partial charge in [0.2, 0.25) is 0 Å². The molecule has 2 aliphatic rings. The van der Waals surface area contributed by atoms with Gasteiger partial charge in [0.25, 0.3) is 0 Å². The molecule has 2 aliphatic heterocycles. The quantitative estimate of drug-likeness (QED) is 0.243. The minimum absolute atomic E-state index is 0.0765. The van der Waals surface area contributed by atoms with E-state index in [9.17, 15) is 9.59 Å². The summed E-state index contributed by atoms with van der Waals surface area (Å²) >= 11 is 0. The molecule has 2 aromatic carbocycles. The van der Waals surface area contributed by atoms with E-state index in [0.29, 0.717) is 26.3 Å². The maximum atomic E-state index is 11.9. The fourth-order valence-electron chi connectivity index (χ4n) is 6.01. The molecule has 6 heteroatoms. The zero-order chi connectivity index (χ0) is 29.6. The molecule has 0 N–H and O–H groups in total. The predicted molar refractivity (Wildman–Crippen MR) is 166 cm³/mol. The van der Waals surface area contributed by atoms with Crippen molar-refractivity contribution in [2.24, 2.45) is 0 Å². The lowest BCUT2D eigenvalue weighted by Gasteiger charge is -2.32. The summed E-state index contributed by atoms with van der Waals surface area (Å²) in [5, 5.41) is 0. The van der Waals surface area contributed by atoms with Gasteiger partial charge in [-0.15, -0.1) is 0 Å². The summed E-state index contributed by atoms with van der Waals surface area (Å²) in [5.74, 6) is -0.652. The fourth-order valence-corrected chi connectivity index (χ4v) is 6.01. The Kier molecular flexibility index (Phi) is 9.21. The van der Waals surface area contributed by atoms with Gasteiger partial charge in [-0.3, -0.25) is 0 Å². The van der Waals surface area contributed by atoms with Gasteiger partial charge < -0.3 is 19.3 Å². The second-order valence-electron chi connectivity index (χ2n) is 11.3. The summed E-state index contributed by atoms with van der Waals surface area (Å²) in [7, 11) is 0. The number of nitrogens with zero attached hydrogens (tertiary/aromatic N) is 2. The van der Waals surface area contributed by atoms with Gasteiger partial charge in [-0.1, -0.05) is 88.4 Å². The lowest BCUT2D eigenvalue weighted by Crippen LogP contribution is -2.40. The van der Waals surface area contributed by atoms with Gasteiger partial charge in [0.1, 0.15) is 0 Å². The molecule has 2 heterocycles. The molecule has 2 aromatic rings. The second kappa shape index (κ2) is 12.6. The van der Waals surface area contributed by atoms with Gasteiger partial charge in [-0.25, -0.2) is 9.59 Å². The molecular weight excluding hydrogens is 512 g/mol. The van der Waals surface area contributed by atoms with Crippen LogP contribution in [-0.4, -0.2) is 44.3 Å². The Balaban J connectivity index is 1.65. The largest absolute Gasteiger partial charge is 0.463 e. The molecule has 1 atom stereocenters. The molecule has 6 nitrogen and oxygen atoms in total. The highest BCUT2D eigenvalue weighted by Gasteiger charge is 2.43. The summed E-state index contributed by atoms with van der Waals surface area (Å²) in [5.41, 5.74) is 5.66. The second-order valence-corrected chi connectivity index (χ2v) is 11.3. The SMILES string of the molecule is CCOC(=O)/C=C/CN1/C(=C/C=C/C2N(C/C=C/C(=O)OCC)c3ccccc3C2(C)C)C(C)(C)c2ccccc21. The van der Waals surface area contributed by atoms with Crippen molar-refractivity contribution < 1.29 is 19.1 Å². The Labute approximate surface area is 244 Å². The van der Waals surface area contributed by atoms with Gasteiger partial charge in [-0.2, -0.15) is 0 Å². The van der Waals surface area contributed by atoms with E-state index in [1.54, 1.807) is 6.92 Å². The van der Waals surface area contributed by atoms with E-state index < -0.39 is 0 Å². The van der Waals surface area contributed by atoms with E-state index in [1.807, 2.05) is 19.1 Å². The van der Waals surface area contributed by atoms with Crippen molar-refractivity contribution in [2.75, 3.05) is 36.1 Å². The Hall–Kier alpha value is -4.06. The van der Waals surface area contributed by atoms with Gasteiger partial charge in [0.15, 0.2) is 0 Å². The molecule has 0 saturated carbocycles. The third kappa shape index (κ3) is 6.17. The third-order valence-corrected chi connectivity index (χ3v) is 8.00. The summed E-state index contributed by atoms with van der Waals surface area (Å²) < 4.78 is 10.1. The highest BCUT2D eigenvalue weighted by Crippen LogP contribution is 2.48. The van der Waals surface area contributed by atoms with Crippen LogP contribution in [0, 0.1) is 0 Å². The number of hydrogen-bond acceptors (Lipinski definition) is 6. The van der Waals surface area contributed by atoms with E-state index in [2.05, 4.69) is 104 Å². The molecule has 0 fully saturated rings. The maximum Gasteiger partial charge on any atom is 0.330 e. The average Bonchev–Trinajstić information content (AvgIpc) is 3.28. The minimum atomic E-state index is -0.329. The molecular formula is C35H42N2O4. The van der Waals surface area contributed by atoms with E-state index in [-0.39, 0.29) is 28.8 Å². The minimum Gasteiger partial charge on any atom is -0.463 e. The predicted octanol–water partition coefficient (Wildman–Crippen LogP) is 6.63. The number of esters is 2. The lowest BCUT2D eigenvalue weighted by molar-refractivity contribution is -0.138. The fraction of sp³-hybridized carbons (Fsp3) is 0.371. The van der Waals surface area contributed by atoms with Crippen LogP contribution in [0.4, 0.5) is 11.4 Å². The first-order chi connectivity index (χ1) is 19.6. The molecule has 0 aliphatic carbocycles.